The van der Waals surface area contributed by atoms with Crippen LogP contribution in [0.25, 0.3) is 0 Å². The molecule has 0 aliphatic heterocycles. The van der Waals surface area contributed by atoms with Crippen LogP contribution in [0.3, 0.4) is 0 Å². The third kappa shape index (κ3) is 1.74. The van der Waals surface area contributed by atoms with Gasteiger partial charge in [-0.05, 0) is 6.92 Å². The minimum Gasteiger partial charge on any atom is -0.303 e. The molecule has 0 aromatic heterocycles. The molecule has 0 amide bonds. The Kier molecular flexibility index (Phi) is 2.16. The second kappa shape index (κ2) is 3.10. The van der Waals surface area contributed by atoms with Crippen LogP contribution < -0.4 is 0 Å². The van der Waals surface area contributed by atoms with E-state index in [1.165, 1.54) is 0 Å². The van der Waals surface area contributed by atoms with Crippen LogP contribution in [0, 0.1) is 10.8 Å². The number of hydrogen-bond donors (Lipinski definition) is 2. The third-order valence-electron chi connectivity index (χ3n) is 1.44. The molecule has 0 atom stereocenters. The Bertz CT molecular complexity index is 275. The minimum atomic E-state index is 0.297. The van der Waals surface area contributed by atoms with E-state index < -0.39 is 0 Å². The second-order valence-corrected chi connectivity index (χ2v) is 2.37. The highest BCUT2D eigenvalue weighted by molar-refractivity contribution is 6.45. The van der Waals surface area contributed by atoms with Crippen LogP contribution in [0.1, 0.15) is 12.5 Å². The van der Waals surface area contributed by atoms with E-state index in [9.17, 15) is 0 Å². The SMILES string of the molecule is CC(=N)C(=N)c1ccccc1. The Morgan fingerprint density at radius 3 is 2.09 bits per heavy atom. The smallest absolute Gasteiger partial charge is 0.0816 e. The van der Waals surface area contributed by atoms with Gasteiger partial charge in [-0.2, -0.15) is 0 Å². The van der Waals surface area contributed by atoms with Crippen molar-refractivity contribution in [3.63, 3.8) is 0 Å². The van der Waals surface area contributed by atoms with Crippen LogP contribution in [-0.2, 0) is 0 Å². The molecule has 0 aliphatic rings. The standard InChI is InChI=1S/C9H10N2/c1-7(10)9(11)8-5-3-2-4-6-8/h2-6,10-11H,1H3. The molecular formula is C9H10N2. The Labute approximate surface area is 65.9 Å². The van der Waals surface area contributed by atoms with Gasteiger partial charge in [0.25, 0.3) is 0 Å². The number of nitrogens with one attached hydrogen (secondary N) is 2. The molecule has 2 nitrogen and oxygen atoms in total. The van der Waals surface area contributed by atoms with Gasteiger partial charge in [0.05, 0.1) is 11.4 Å². The molecule has 0 aliphatic carbocycles. The molecular weight excluding hydrogens is 136 g/mol. The van der Waals surface area contributed by atoms with Crippen LogP contribution in [0.2, 0.25) is 0 Å². The summed E-state index contributed by atoms with van der Waals surface area (Å²) in [7, 11) is 0. The molecule has 2 N–H and O–H groups in total. The maximum absolute atomic E-state index is 7.46. The minimum absolute atomic E-state index is 0.297. The normalized spacial score (nSPS) is 9.18. The first-order chi connectivity index (χ1) is 5.22. The van der Waals surface area contributed by atoms with Crippen LogP contribution in [-0.4, -0.2) is 11.4 Å². The van der Waals surface area contributed by atoms with E-state index >= 15 is 0 Å². The van der Waals surface area contributed by atoms with Gasteiger partial charge in [-0.25, -0.2) is 0 Å². The van der Waals surface area contributed by atoms with E-state index in [1.807, 2.05) is 30.3 Å². The highest BCUT2D eigenvalue weighted by Crippen LogP contribution is 1.99. The maximum atomic E-state index is 7.46. The van der Waals surface area contributed by atoms with Gasteiger partial charge in [0.15, 0.2) is 0 Å². The molecule has 0 saturated carbocycles. The van der Waals surface area contributed by atoms with Gasteiger partial charge in [0.1, 0.15) is 0 Å². The highest BCUT2D eigenvalue weighted by atomic mass is 14.5. The van der Waals surface area contributed by atoms with Crippen molar-refractivity contribution < 1.29 is 0 Å². The van der Waals surface area contributed by atoms with Gasteiger partial charge in [0.2, 0.25) is 0 Å². The Balaban J connectivity index is 2.95. The average Bonchev–Trinajstić information content (AvgIpc) is 2.05. The molecule has 0 bridgehead atoms. The Hall–Kier alpha value is -1.44. The zero-order valence-corrected chi connectivity index (χ0v) is 6.39. The monoisotopic (exact) mass is 146 g/mol. The third-order valence-corrected chi connectivity index (χ3v) is 1.44. The average molecular weight is 146 g/mol. The fraction of sp³-hybridized carbons (Fsp3) is 0.111. The summed E-state index contributed by atoms with van der Waals surface area (Å²) in [5.41, 5.74) is 1.40. The van der Waals surface area contributed by atoms with Gasteiger partial charge in [-0.15, -0.1) is 0 Å². The topological polar surface area (TPSA) is 47.7 Å². The fourth-order valence-electron chi connectivity index (χ4n) is 0.821. The molecule has 0 heterocycles. The first-order valence-electron chi connectivity index (χ1n) is 3.41. The van der Waals surface area contributed by atoms with Crippen molar-refractivity contribution in [1.82, 2.24) is 0 Å². The van der Waals surface area contributed by atoms with Gasteiger partial charge >= 0.3 is 0 Å². The van der Waals surface area contributed by atoms with Gasteiger partial charge < -0.3 is 5.41 Å². The zero-order valence-electron chi connectivity index (χ0n) is 6.39. The highest BCUT2D eigenvalue weighted by Gasteiger charge is 2.00. The summed E-state index contributed by atoms with van der Waals surface area (Å²) in [5.74, 6) is 0. The molecule has 0 unspecified atom stereocenters. The van der Waals surface area contributed by atoms with E-state index in [2.05, 4.69) is 0 Å². The summed E-state index contributed by atoms with van der Waals surface area (Å²) in [4.78, 5) is 0. The predicted octanol–water partition coefficient (Wildman–Crippen LogP) is 2.09. The number of benzene rings is 1. The lowest BCUT2D eigenvalue weighted by Gasteiger charge is -1.99. The van der Waals surface area contributed by atoms with E-state index in [1.54, 1.807) is 6.92 Å². The molecule has 0 saturated heterocycles. The maximum Gasteiger partial charge on any atom is 0.0816 e. The number of rotatable bonds is 2. The van der Waals surface area contributed by atoms with E-state index in [0.717, 1.165) is 5.56 Å². The quantitative estimate of drug-likeness (QED) is 0.600. The summed E-state index contributed by atoms with van der Waals surface area (Å²) in [6.07, 6.45) is 0. The second-order valence-electron chi connectivity index (χ2n) is 2.37. The van der Waals surface area contributed by atoms with Gasteiger partial charge in [-0.3, -0.25) is 5.41 Å². The summed E-state index contributed by atoms with van der Waals surface area (Å²) in [6, 6.07) is 9.30. The molecule has 1 aromatic carbocycles. The zero-order chi connectivity index (χ0) is 8.27. The van der Waals surface area contributed by atoms with E-state index in [0.29, 0.717) is 11.4 Å². The van der Waals surface area contributed by atoms with E-state index in [-0.39, 0.29) is 0 Å². The van der Waals surface area contributed by atoms with Crippen molar-refractivity contribution in [2.75, 3.05) is 0 Å². The van der Waals surface area contributed by atoms with Crippen molar-refractivity contribution in [3.8, 4) is 0 Å². The lowest BCUT2D eigenvalue weighted by molar-refractivity contribution is 1.45. The van der Waals surface area contributed by atoms with Crippen molar-refractivity contribution >= 4 is 11.4 Å². The Morgan fingerprint density at radius 2 is 1.64 bits per heavy atom. The molecule has 1 aromatic rings. The molecule has 0 radical (unpaired) electrons. The van der Waals surface area contributed by atoms with Crippen LogP contribution >= 0.6 is 0 Å². The number of hydrogen-bond acceptors (Lipinski definition) is 2. The summed E-state index contributed by atoms with van der Waals surface area (Å²) < 4.78 is 0. The lowest BCUT2D eigenvalue weighted by Crippen LogP contribution is -2.08. The van der Waals surface area contributed by atoms with E-state index in [4.69, 9.17) is 10.8 Å². The summed E-state index contributed by atoms with van der Waals surface area (Å²) in [5, 5.41) is 14.7. The molecule has 1 rings (SSSR count). The summed E-state index contributed by atoms with van der Waals surface area (Å²) in [6.45, 7) is 1.62. The van der Waals surface area contributed by atoms with Crippen LogP contribution in [0.15, 0.2) is 30.3 Å². The molecule has 11 heavy (non-hydrogen) atoms. The van der Waals surface area contributed by atoms with Gasteiger partial charge in [-0.1, -0.05) is 30.3 Å². The molecule has 0 spiro atoms. The largest absolute Gasteiger partial charge is 0.303 e. The van der Waals surface area contributed by atoms with Crippen molar-refractivity contribution in [1.29, 1.82) is 10.8 Å². The van der Waals surface area contributed by atoms with Crippen molar-refractivity contribution in [2.24, 2.45) is 0 Å². The molecule has 56 valence electrons. The first-order valence-corrected chi connectivity index (χ1v) is 3.41. The van der Waals surface area contributed by atoms with Crippen molar-refractivity contribution in [2.45, 2.75) is 6.92 Å². The van der Waals surface area contributed by atoms with Gasteiger partial charge in [0, 0.05) is 5.56 Å². The van der Waals surface area contributed by atoms with Crippen molar-refractivity contribution in [3.05, 3.63) is 35.9 Å². The summed E-state index contributed by atoms with van der Waals surface area (Å²) >= 11 is 0. The fourth-order valence-corrected chi connectivity index (χ4v) is 0.821. The van der Waals surface area contributed by atoms with Crippen LogP contribution in [0.4, 0.5) is 0 Å². The lowest BCUT2D eigenvalue weighted by atomic mass is 10.1. The first kappa shape index (κ1) is 7.66. The predicted molar refractivity (Wildman–Crippen MR) is 46.7 cm³/mol. The Morgan fingerprint density at radius 1 is 1.09 bits per heavy atom. The molecule has 0 fully saturated rings. The van der Waals surface area contributed by atoms with Crippen LogP contribution in [0.5, 0.6) is 0 Å². The molecule has 2 heteroatoms.